The number of hydrogen-bond donors (Lipinski definition) is 1. The summed E-state index contributed by atoms with van der Waals surface area (Å²) in [6, 6.07) is 16.4. The predicted octanol–water partition coefficient (Wildman–Crippen LogP) is 4.36. The van der Waals surface area contributed by atoms with Gasteiger partial charge in [-0.1, -0.05) is 54.2 Å². The number of aliphatic hydroxyl groups is 1. The second-order valence-electron chi connectivity index (χ2n) is 3.94. The maximum atomic E-state index is 9.29. The lowest BCUT2D eigenvalue weighted by Crippen LogP contribution is -1.86. The predicted molar refractivity (Wildman–Crippen MR) is 77.6 cm³/mol. The minimum absolute atomic E-state index is 0.0832. The van der Waals surface area contributed by atoms with Gasteiger partial charge in [0, 0.05) is 9.79 Å². The zero-order chi connectivity index (χ0) is 12.8. The fourth-order valence-corrected chi connectivity index (χ4v) is 2.64. The Balaban J connectivity index is 2.18. The van der Waals surface area contributed by atoms with E-state index < -0.39 is 0 Å². The SMILES string of the molecule is C/C=C/c1ccc(Sc2ccccc2CO)cc1. The molecule has 2 aromatic rings. The Morgan fingerprint density at radius 2 is 1.78 bits per heavy atom. The van der Waals surface area contributed by atoms with Crippen LogP contribution in [0, 0.1) is 0 Å². The molecule has 0 fully saturated rings. The Morgan fingerprint density at radius 1 is 1.06 bits per heavy atom. The van der Waals surface area contributed by atoms with Gasteiger partial charge in [0.15, 0.2) is 0 Å². The van der Waals surface area contributed by atoms with Crippen LogP contribution in [0.4, 0.5) is 0 Å². The van der Waals surface area contributed by atoms with Gasteiger partial charge < -0.3 is 5.11 Å². The van der Waals surface area contributed by atoms with E-state index in [9.17, 15) is 5.11 Å². The van der Waals surface area contributed by atoms with Crippen molar-refractivity contribution in [2.75, 3.05) is 0 Å². The smallest absolute Gasteiger partial charge is 0.0692 e. The van der Waals surface area contributed by atoms with Crippen LogP contribution < -0.4 is 0 Å². The fraction of sp³-hybridized carbons (Fsp3) is 0.125. The summed E-state index contributed by atoms with van der Waals surface area (Å²) in [5.74, 6) is 0. The Kier molecular flexibility index (Phi) is 4.62. The highest BCUT2D eigenvalue weighted by molar-refractivity contribution is 7.99. The van der Waals surface area contributed by atoms with Crippen molar-refractivity contribution in [3.63, 3.8) is 0 Å². The van der Waals surface area contributed by atoms with Crippen LogP contribution in [0.15, 0.2) is 64.4 Å². The van der Waals surface area contributed by atoms with Gasteiger partial charge in [0.1, 0.15) is 0 Å². The molecule has 0 spiro atoms. The van der Waals surface area contributed by atoms with Crippen LogP contribution >= 0.6 is 11.8 Å². The van der Waals surface area contributed by atoms with Crippen molar-refractivity contribution in [1.29, 1.82) is 0 Å². The topological polar surface area (TPSA) is 20.2 Å². The van der Waals surface area contributed by atoms with Crippen LogP contribution in [0.3, 0.4) is 0 Å². The fourth-order valence-electron chi connectivity index (χ4n) is 1.70. The summed E-state index contributed by atoms with van der Waals surface area (Å²) in [5.41, 5.74) is 2.18. The molecule has 1 N–H and O–H groups in total. The van der Waals surface area contributed by atoms with Gasteiger partial charge in [0.05, 0.1) is 6.61 Å². The third-order valence-electron chi connectivity index (χ3n) is 2.61. The number of benzene rings is 2. The number of aliphatic hydroxyl groups excluding tert-OH is 1. The Morgan fingerprint density at radius 3 is 2.44 bits per heavy atom. The molecule has 1 nitrogen and oxygen atoms in total. The molecule has 0 amide bonds. The van der Waals surface area contributed by atoms with Crippen LogP contribution in [-0.2, 0) is 6.61 Å². The van der Waals surface area contributed by atoms with E-state index in [4.69, 9.17) is 0 Å². The van der Waals surface area contributed by atoms with Crippen LogP contribution in [0.5, 0.6) is 0 Å². The largest absolute Gasteiger partial charge is 0.392 e. The first-order valence-corrected chi connectivity index (χ1v) is 6.74. The van der Waals surface area contributed by atoms with Crippen molar-refractivity contribution < 1.29 is 5.11 Å². The lowest BCUT2D eigenvalue weighted by atomic mass is 10.2. The van der Waals surface area contributed by atoms with Gasteiger partial charge in [0.25, 0.3) is 0 Å². The average Bonchev–Trinajstić information content (AvgIpc) is 2.42. The zero-order valence-electron chi connectivity index (χ0n) is 10.3. The molecular weight excluding hydrogens is 240 g/mol. The molecule has 0 saturated carbocycles. The average molecular weight is 256 g/mol. The van der Waals surface area contributed by atoms with E-state index in [0.29, 0.717) is 0 Å². The molecule has 2 aromatic carbocycles. The molecule has 0 heterocycles. The molecule has 0 aliphatic rings. The molecule has 92 valence electrons. The van der Waals surface area contributed by atoms with Gasteiger partial charge in [-0.15, -0.1) is 0 Å². The van der Waals surface area contributed by atoms with Crippen molar-refractivity contribution in [1.82, 2.24) is 0 Å². The van der Waals surface area contributed by atoms with Gasteiger partial charge in [-0.25, -0.2) is 0 Å². The summed E-state index contributed by atoms with van der Waals surface area (Å²) in [6.45, 7) is 2.10. The van der Waals surface area contributed by atoms with E-state index >= 15 is 0 Å². The van der Waals surface area contributed by atoms with Crippen LogP contribution in [0.1, 0.15) is 18.1 Å². The monoisotopic (exact) mass is 256 g/mol. The van der Waals surface area contributed by atoms with Gasteiger partial charge in [-0.2, -0.15) is 0 Å². The van der Waals surface area contributed by atoms with Crippen LogP contribution in [0.2, 0.25) is 0 Å². The third kappa shape index (κ3) is 3.25. The maximum Gasteiger partial charge on any atom is 0.0692 e. The van der Waals surface area contributed by atoms with Crippen molar-refractivity contribution in [2.45, 2.75) is 23.3 Å². The molecule has 18 heavy (non-hydrogen) atoms. The molecular formula is C16H16OS. The number of allylic oxidation sites excluding steroid dienone is 1. The summed E-state index contributed by atoms with van der Waals surface area (Å²) < 4.78 is 0. The Hall–Kier alpha value is -1.51. The zero-order valence-corrected chi connectivity index (χ0v) is 11.2. The highest BCUT2D eigenvalue weighted by Gasteiger charge is 2.02. The van der Waals surface area contributed by atoms with E-state index in [2.05, 4.69) is 30.3 Å². The second-order valence-corrected chi connectivity index (χ2v) is 5.05. The Labute approximate surface area is 112 Å². The van der Waals surface area contributed by atoms with E-state index in [-0.39, 0.29) is 6.61 Å². The quantitative estimate of drug-likeness (QED) is 0.877. The molecule has 0 aliphatic carbocycles. The van der Waals surface area contributed by atoms with Crippen LogP contribution in [-0.4, -0.2) is 5.11 Å². The molecule has 2 heteroatoms. The van der Waals surface area contributed by atoms with Gasteiger partial charge in [-0.05, 0) is 36.2 Å². The van der Waals surface area contributed by atoms with Gasteiger partial charge >= 0.3 is 0 Å². The molecule has 0 atom stereocenters. The number of rotatable bonds is 4. The van der Waals surface area contributed by atoms with Crippen molar-refractivity contribution in [3.05, 3.63) is 65.7 Å². The van der Waals surface area contributed by atoms with E-state index in [1.54, 1.807) is 11.8 Å². The molecule has 0 unspecified atom stereocenters. The third-order valence-corrected chi connectivity index (χ3v) is 3.74. The first-order chi connectivity index (χ1) is 8.83. The van der Waals surface area contributed by atoms with Crippen molar-refractivity contribution in [3.8, 4) is 0 Å². The first kappa shape index (κ1) is 12.9. The molecule has 0 aromatic heterocycles. The highest BCUT2D eigenvalue weighted by atomic mass is 32.2. The summed E-state index contributed by atoms with van der Waals surface area (Å²) >= 11 is 1.68. The minimum Gasteiger partial charge on any atom is -0.392 e. The lowest BCUT2D eigenvalue weighted by molar-refractivity contribution is 0.279. The summed E-state index contributed by atoms with van der Waals surface area (Å²) in [6.07, 6.45) is 4.11. The second kappa shape index (κ2) is 6.43. The summed E-state index contributed by atoms with van der Waals surface area (Å²) in [5, 5.41) is 9.29. The van der Waals surface area contributed by atoms with Gasteiger partial charge in [0.2, 0.25) is 0 Å². The first-order valence-electron chi connectivity index (χ1n) is 5.93. The highest BCUT2D eigenvalue weighted by Crippen LogP contribution is 2.30. The van der Waals surface area contributed by atoms with E-state index in [1.807, 2.05) is 37.3 Å². The minimum atomic E-state index is 0.0832. The molecule has 0 aliphatic heterocycles. The van der Waals surface area contributed by atoms with Crippen LogP contribution in [0.25, 0.3) is 6.08 Å². The summed E-state index contributed by atoms with van der Waals surface area (Å²) in [4.78, 5) is 2.29. The van der Waals surface area contributed by atoms with Crippen molar-refractivity contribution >= 4 is 17.8 Å². The molecule has 2 rings (SSSR count). The Bertz CT molecular complexity index is 529. The van der Waals surface area contributed by atoms with E-state index in [1.165, 1.54) is 10.5 Å². The normalized spacial score (nSPS) is 11.0. The lowest BCUT2D eigenvalue weighted by Gasteiger charge is -2.06. The molecule has 0 saturated heterocycles. The maximum absolute atomic E-state index is 9.29. The van der Waals surface area contributed by atoms with Crippen molar-refractivity contribution in [2.24, 2.45) is 0 Å². The summed E-state index contributed by atoms with van der Waals surface area (Å²) in [7, 11) is 0. The molecule has 0 bridgehead atoms. The molecule has 0 radical (unpaired) electrons. The van der Waals surface area contributed by atoms with E-state index in [0.717, 1.165) is 10.5 Å². The standard InChI is InChI=1S/C16H16OS/c1-2-5-13-8-10-15(11-9-13)18-16-7-4-3-6-14(16)12-17/h2-11,17H,12H2,1H3/b5-2+. The van der Waals surface area contributed by atoms with Gasteiger partial charge in [-0.3, -0.25) is 0 Å². The number of hydrogen-bond acceptors (Lipinski definition) is 2.